The van der Waals surface area contributed by atoms with E-state index in [1.165, 1.54) is 24.2 Å². The summed E-state index contributed by atoms with van der Waals surface area (Å²) in [6, 6.07) is 22.3. The minimum atomic E-state index is -0.199. The average molecular weight is 778 g/mol. The molecule has 3 aliphatic rings. The van der Waals surface area contributed by atoms with E-state index in [2.05, 4.69) is 93.8 Å². The predicted molar refractivity (Wildman–Crippen MR) is 223 cm³/mol. The maximum Gasteiger partial charge on any atom is 0.257 e. The number of benzene rings is 3. The zero-order chi connectivity index (χ0) is 40.1. The van der Waals surface area contributed by atoms with Gasteiger partial charge in [-0.1, -0.05) is 52.0 Å². The summed E-state index contributed by atoms with van der Waals surface area (Å²) in [6.07, 6.45) is 6.16. The van der Waals surface area contributed by atoms with Crippen LogP contribution < -0.4 is 29.7 Å². The number of ether oxygens (including phenoxy) is 1. The number of likely N-dealkylation sites (N-methyl/N-ethyl adjacent to an activating group) is 1. The van der Waals surface area contributed by atoms with Gasteiger partial charge in [0.1, 0.15) is 23.1 Å². The molecular formula is C45H56FN7O4. The molecule has 12 heteroatoms. The number of anilines is 4. The second-order valence-corrected chi connectivity index (χ2v) is 15.8. The molecule has 1 amide bonds. The monoisotopic (exact) mass is 777 g/mol. The van der Waals surface area contributed by atoms with Gasteiger partial charge in [0.05, 0.1) is 48.2 Å². The van der Waals surface area contributed by atoms with Gasteiger partial charge in [-0.2, -0.15) is 0 Å². The van der Waals surface area contributed by atoms with Crippen LogP contribution in [0, 0.1) is 5.82 Å². The number of oxazole rings is 2. The highest BCUT2D eigenvalue weighted by atomic mass is 19.1. The van der Waals surface area contributed by atoms with Crippen molar-refractivity contribution in [3.05, 3.63) is 114 Å². The first kappa shape index (κ1) is 39.7. The van der Waals surface area contributed by atoms with Crippen LogP contribution in [0.3, 0.4) is 0 Å². The van der Waals surface area contributed by atoms with Crippen molar-refractivity contribution in [1.29, 1.82) is 0 Å². The molecule has 0 radical (unpaired) electrons. The number of nitrogens with zero attached hydrogens (tertiary/aromatic N) is 6. The number of carbonyl (C=O) groups is 1. The lowest BCUT2D eigenvalue weighted by Gasteiger charge is -2.42. The molecule has 1 fully saturated rings. The Labute approximate surface area is 335 Å². The number of rotatable bonds is 13. The molecule has 57 heavy (non-hydrogen) atoms. The summed E-state index contributed by atoms with van der Waals surface area (Å²) in [5.41, 5.74) is 5.60. The van der Waals surface area contributed by atoms with Gasteiger partial charge in [-0.3, -0.25) is 4.79 Å². The van der Waals surface area contributed by atoms with Crippen LogP contribution in [-0.4, -0.2) is 60.7 Å². The molecule has 5 aromatic rings. The maximum atomic E-state index is 13.9. The van der Waals surface area contributed by atoms with Gasteiger partial charge in [0.25, 0.3) is 5.91 Å². The molecule has 3 aromatic carbocycles. The molecule has 2 aromatic heterocycles. The highest BCUT2D eigenvalue weighted by molar-refractivity contribution is 5.77. The highest BCUT2D eigenvalue weighted by Gasteiger charge is 2.34. The molecule has 1 aliphatic carbocycles. The third-order valence-electron chi connectivity index (χ3n) is 10.7. The Morgan fingerprint density at radius 1 is 0.825 bits per heavy atom. The van der Waals surface area contributed by atoms with Crippen LogP contribution in [0.2, 0.25) is 0 Å². The highest BCUT2D eigenvalue weighted by Crippen LogP contribution is 2.41. The third kappa shape index (κ3) is 9.72. The van der Waals surface area contributed by atoms with Crippen LogP contribution >= 0.6 is 0 Å². The van der Waals surface area contributed by atoms with Crippen LogP contribution in [0.1, 0.15) is 95.1 Å². The molecule has 1 saturated carbocycles. The second-order valence-electron chi connectivity index (χ2n) is 15.8. The van der Waals surface area contributed by atoms with E-state index in [9.17, 15) is 9.18 Å². The summed E-state index contributed by atoms with van der Waals surface area (Å²) in [7, 11) is 0. The number of para-hydroxylation sites is 2. The quantitative estimate of drug-likeness (QED) is 0.125. The predicted octanol–water partition coefficient (Wildman–Crippen LogP) is 8.65. The number of fused-ring (bicyclic) bond motifs is 2. The molecule has 4 heterocycles. The van der Waals surface area contributed by atoms with Crippen molar-refractivity contribution in [2.24, 2.45) is 0 Å². The topological polar surface area (TPSA) is 103 Å². The Morgan fingerprint density at radius 2 is 1.49 bits per heavy atom. The van der Waals surface area contributed by atoms with E-state index >= 15 is 0 Å². The lowest BCUT2D eigenvalue weighted by Crippen LogP contribution is -2.47. The van der Waals surface area contributed by atoms with E-state index in [0.29, 0.717) is 55.8 Å². The van der Waals surface area contributed by atoms with Crippen molar-refractivity contribution in [2.45, 2.75) is 97.9 Å². The molecule has 0 spiro atoms. The van der Waals surface area contributed by atoms with E-state index in [4.69, 9.17) is 13.6 Å². The van der Waals surface area contributed by atoms with E-state index in [1.807, 2.05) is 49.6 Å². The normalized spacial score (nSPS) is 16.3. The fraction of sp³-hybridized carbons (Fsp3) is 0.444. The molecular weight excluding hydrogens is 722 g/mol. The molecule has 0 saturated heterocycles. The molecule has 1 unspecified atom stereocenters. The van der Waals surface area contributed by atoms with Gasteiger partial charge in [0.15, 0.2) is 6.61 Å². The maximum absolute atomic E-state index is 13.9. The first-order chi connectivity index (χ1) is 27.6. The number of hydrogen-bond donors (Lipinski definition) is 1. The number of halogens is 1. The fourth-order valence-corrected chi connectivity index (χ4v) is 7.46. The number of amides is 1. The van der Waals surface area contributed by atoms with Crippen molar-refractivity contribution < 1.29 is 22.8 Å². The zero-order valence-electron chi connectivity index (χ0n) is 34.1. The Hall–Kier alpha value is -5.52. The summed E-state index contributed by atoms with van der Waals surface area (Å²) >= 11 is 0. The van der Waals surface area contributed by atoms with Gasteiger partial charge in [-0.25, -0.2) is 14.4 Å². The van der Waals surface area contributed by atoms with Crippen LogP contribution in [0.25, 0.3) is 0 Å². The third-order valence-corrected chi connectivity index (χ3v) is 10.7. The minimum Gasteiger partial charge on any atom is -0.484 e. The first-order valence-electron chi connectivity index (χ1n) is 20.4. The SMILES string of the molecule is CC(C)c1cnc(CN2CC(C)N(Cc3ncc(C(C)C)o3)c3ccccc32)o1.CCNC(=O)COc1ccc(CN2CCN(C3CC3)c3ccc(F)cc32)cc1. The lowest BCUT2D eigenvalue weighted by atomic mass is 10.1. The van der Waals surface area contributed by atoms with Gasteiger partial charge >= 0.3 is 0 Å². The van der Waals surface area contributed by atoms with Gasteiger partial charge in [0, 0.05) is 56.6 Å². The molecule has 11 nitrogen and oxygen atoms in total. The number of aromatic nitrogens is 2. The summed E-state index contributed by atoms with van der Waals surface area (Å²) in [4.78, 5) is 29.9. The smallest absolute Gasteiger partial charge is 0.257 e. The largest absolute Gasteiger partial charge is 0.484 e. The minimum absolute atomic E-state index is 0.0168. The Kier molecular flexibility index (Phi) is 12.4. The van der Waals surface area contributed by atoms with Gasteiger partial charge < -0.3 is 38.5 Å². The average Bonchev–Trinajstić information content (AvgIpc) is 3.73. The van der Waals surface area contributed by atoms with Gasteiger partial charge in [0.2, 0.25) is 11.8 Å². The Morgan fingerprint density at radius 3 is 2.12 bits per heavy atom. The Bertz CT molecular complexity index is 2090. The molecule has 0 bridgehead atoms. The molecule has 2 aliphatic heterocycles. The van der Waals surface area contributed by atoms with Crippen molar-refractivity contribution >= 4 is 28.7 Å². The standard InChI is InChI=1S/C23H30N4O2.C22H26FN3O2/c1-15(2)20-10-24-22(28-20)13-26-12-17(5)27(19-9-7-6-8-18(19)26)14-23-25-11-21(29-23)16(3)4;1-2-24-22(27)15-28-19-8-3-16(4-9-19)14-25-11-12-26(18-6-7-18)20-10-5-17(23)13-21(20)25/h6-11,15-17H,12-14H2,1-5H3;3-5,8-10,13,18H,2,6-7,11-12,14-15H2,1H3,(H,24,27). The van der Waals surface area contributed by atoms with Crippen molar-refractivity contribution in [2.75, 3.05) is 52.4 Å². The molecule has 8 rings (SSSR count). The Balaban J connectivity index is 0.000000174. The second kappa shape index (κ2) is 17.7. The zero-order valence-corrected chi connectivity index (χ0v) is 34.1. The lowest BCUT2D eigenvalue weighted by molar-refractivity contribution is -0.122. The van der Waals surface area contributed by atoms with E-state index < -0.39 is 0 Å². The molecule has 302 valence electrons. The van der Waals surface area contributed by atoms with Crippen molar-refractivity contribution in [3.8, 4) is 5.75 Å². The van der Waals surface area contributed by atoms with Gasteiger partial charge in [-0.15, -0.1) is 0 Å². The number of hydrogen-bond acceptors (Lipinski definition) is 10. The summed E-state index contributed by atoms with van der Waals surface area (Å²) < 4.78 is 31.3. The van der Waals surface area contributed by atoms with Crippen LogP contribution in [0.5, 0.6) is 5.75 Å². The first-order valence-corrected chi connectivity index (χ1v) is 20.4. The van der Waals surface area contributed by atoms with Gasteiger partial charge in [-0.05, 0) is 74.7 Å². The molecule has 1 atom stereocenters. The summed E-state index contributed by atoms with van der Waals surface area (Å²) in [5, 5.41) is 2.71. The van der Waals surface area contributed by atoms with Crippen molar-refractivity contribution in [1.82, 2.24) is 15.3 Å². The summed E-state index contributed by atoms with van der Waals surface area (Å²) in [6.45, 7) is 18.0. The van der Waals surface area contributed by atoms with Crippen molar-refractivity contribution in [3.63, 3.8) is 0 Å². The number of nitrogens with one attached hydrogen (secondary N) is 1. The molecule has 1 N–H and O–H groups in total. The fourth-order valence-electron chi connectivity index (χ4n) is 7.46. The van der Waals surface area contributed by atoms with E-state index in [-0.39, 0.29) is 18.3 Å². The van der Waals surface area contributed by atoms with E-state index in [0.717, 1.165) is 59.9 Å². The van der Waals surface area contributed by atoms with Crippen LogP contribution in [0.4, 0.5) is 27.1 Å². The van der Waals surface area contributed by atoms with E-state index in [1.54, 1.807) is 12.1 Å². The van der Waals surface area contributed by atoms with Crippen LogP contribution in [-0.2, 0) is 24.4 Å². The van der Waals surface area contributed by atoms with Crippen LogP contribution in [0.15, 0.2) is 88.0 Å². The summed E-state index contributed by atoms with van der Waals surface area (Å²) in [5.74, 6) is 4.42. The number of carbonyl (C=O) groups excluding carboxylic acids is 1.